The lowest BCUT2D eigenvalue weighted by Crippen LogP contribution is -2.37. The van der Waals surface area contributed by atoms with Crippen molar-refractivity contribution in [3.05, 3.63) is 109 Å². The molecule has 0 aromatic heterocycles. The van der Waals surface area contributed by atoms with Gasteiger partial charge in [-0.15, -0.1) is 0 Å². The van der Waals surface area contributed by atoms with Crippen molar-refractivity contribution in [2.75, 3.05) is 47.5 Å². The van der Waals surface area contributed by atoms with Crippen LogP contribution in [0, 0.1) is 0 Å². The number of rotatable bonds is 42. The van der Waals surface area contributed by atoms with E-state index in [1.165, 1.54) is 32.1 Å². The van der Waals surface area contributed by atoms with Crippen molar-refractivity contribution in [3.8, 4) is 0 Å². The van der Waals surface area contributed by atoms with Gasteiger partial charge in [0.25, 0.3) is 0 Å². The van der Waals surface area contributed by atoms with Crippen molar-refractivity contribution in [2.45, 2.75) is 167 Å². The molecular weight excluding hydrogens is 842 g/mol. The van der Waals surface area contributed by atoms with Crippen LogP contribution in [0.2, 0.25) is 0 Å². The maximum Gasteiger partial charge on any atom is 0.472 e. The molecule has 0 aromatic rings. The minimum Gasteiger partial charge on any atom is -0.462 e. The summed E-state index contributed by atoms with van der Waals surface area (Å²) in [5.41, 5.74) is 0. The van der Waals surface area contributed by atoms with Gasteiger partial charge in [0.1, 0.15) is 19.8 Å². The topological polar surface area (TPSA) is 149 Å². The van der Waals surface area contributed by atoms with E-state index in [0.29, 0.717) is 43.1 Å². The van der Waals surface area contributed by atoms with Crippen LogP contribution < -0.4 is 0 Å². The normalized spacial score (nSPS) is 15.4. The Labute approximate surface area is 394 Å². The molecule has 0 aliphatic carbocycles. The van der Waals surface area contributed by atoms with Crippen molar-refractivity contribution >= 4 is 19.8 Å². The summed E-state index contributed by atoms with van der Waals surface area (Å²) in [6.07, 6.45) is 52.1. The number of hydrogen-bond acceptors (Lipinski definition) is 9. The highest BCUT2D eigenvalue weighted by molar-refractivity contribution is 7.47. The molecule has 0 rings (SSSR count). The third-order valence-electron chi connectivity index (χ3n) is 9.71. The fraction of sp³-hybridized carbons (Fsp3) is 0.623. The molecule has 11 nitrogen and oxygen atoms in total. The average Bonchev–Trinajstić information content (AvgIpc) is 3.25. The molecule has 370 valence electrons. The van der Waals surface area contributed by atoms with Crippen molar-refractivity contribution in [3.63, 3.8) is 0 Å². The zero-order valence-electron chi connectivity index (χ0n) is 40.9. The Kier molecular flexibility index (Phi) is 40.9. The molecule has 0 aliphatic rings. The number of unbranched alkanes of at least 4 members (excludes halogenated alkanes) is 11. The summed E-state index contributed by atoms with van der Waals surface area (Å²) in [5.74, 6) is -1.01. The summed E-state index contributed by atoms with van der Waals surface area (Å²) in [6.45, 7) is 3.95. The SMILES string of the molecule is CC/C=C\C[C@H](O)/C=C/C=C\C/C=C\C=C\[C@H](O)/C=C\CCCC(=O)O[C@H](COC(=O)CCCCCCCC/C=C\C/C=C\C/C=C\CCCCCC)COP(=O)(O)OCC[N+](C)(C)C. The number of esters is 2. The van der Waals surface area contributed by atoms with Gasteiger partial charge >= 0.3 is 19.8 Å². The van der Waals surface area contributed by atoms with Crippen LogP contribution in [0.3, 0.4) is 0 Å². The van der Waals surface area contributed by atoms with Gasteiger partial charge < -0.3 is 29.1 Å². The highest BCUT2D eigenvalue weighted by Crippen LogP contribution is 2.43. The van der Waals surface area contributed by atoms with Crippen molar-refractivity contribution in [1.82, 2.24) is 0 Å². The fourth-order valence-corrected chi connectivity index (χ4v) is 6.62. The first kappa shape index (κ1) is 61.6. The van der Waals surface area contributed by atoms with E-state index in [2.05, 4.69) is 50.3 Å². The molecule has 0 spiro atoms. The van der Waals surface area contributed by atoms with Crippen LogP contribution >= 0.6 is 7.82 Å². The number of aliphatic hydroxyl groups excluding tert-OH is 2. The number of aliphatic hydroxyl groups is 2. The second-order valence-electron chi connectivity index (χ2n) is 17.2. The van der Waals surface area contributed by atoms with Gasteiger partial charge in [-0.2, -0.15) is 0 Å². The maximum absolute atomic E-state index is 12.7. The van der Waals surface area contributed by atoms with Gasteiger partial charge in [-0.05, 0) is 77.0 Å². The van der Waals surface area contributed by atoms with Gasteiger partial charge in [-0.3, -0.25) is 18.6 Å². The molecule has 0 fully saturated rings. The molecule has 65 heavy (non-hydrogen) atoms. The number of carbonyl (C=O) groups is 2. The van der Waals surface area contributed by atoms with E-state index >= 15 is 0 Å². The van der Waals surface area contributed by atoms with E-state index in [1.54, 1.807) is 30.4 Å². The van der Waals surface area contributed by atoms with Crippen molar-refractivity contribution in [1.29, 1.82) is 0 Å². The fourth-order valence-electron chi connectivity index (χ4n) is 5.88. The lowest BCUT2D eigenvalue weighted by Gasteiger charge is -2.24. The molecule has 4 atom stereocenters. The number of carbonyl (C=O) groups excluding carboxylic acids is 2. The van der Waals surface area contributed by atoms with Crippen LogP contribution in [0.1, 0.15) is 149 Å². The predicted molar refractivity (Wildman–Crippen MR) is 268 cm³/mol. The first-order chi connectivity index (χ1) is 31.3. The summed E-state index contributed by atoms with van der Waals surface area (Å²) >= 11 is 0. The predicted octanol–water partition coefficient (Wildman–Crippen LogP) is 12.2. The molecule has 0 bridgehead atoms. The van der Waals surface area contributed by atoms with Gasteiger partial charge in [0.15, 0.2) is 6.10 Å². The van der Waals surface area contributed by atoms with Gasteiger partial charge in [0.05, 0.1) is 40.0 Å². The van der Waals surface area contributed by atoms with Crippen LogP contribution in [0.15, 0.2) is 109 Å². The van der Waals surface area contributed by atoms with E-state index in [-0.39, 0.29) is 26.1 Å². The standard InChI is InChI=1S/C53H88NO10P/c1-6-8-10-11-12-13-14-15-16-17-18-19-20-21-22-23-24-28-31-37-43-52(57)61-47-51(48-63-65(59,60)62-46-45-54(3,4)5)64-53(58)44-38-32-36-42-50(56)41-35-30-27-25-26-29-34-40-49(55)39-33-9-7-2/h9,13-14,16-17,19-20,26-27,29-30,33-36,40-42,49-51,55-56H,6-8,10-12,15,18,21-25,28,31-32,37-39,43-48H2,1-5H3/p+1/b14-13-,17-16-,20-19-,29-26-,30-27-,33-9-,40-34+,41-35+,42-36-/t49-,50-,51+/m0/s1. The minimum absolute atomic E-state index is 0.0152. The molecule has 0 radical (unpaired) electrons. The average molecular weight is 931 g/mol. The number of nitrogens with zero attached hydrogens (tertiary/aromatic N) is 1. The Bertz CT molecular complexity index is 1500. The zero-order chi connectivity index (χ0) is 48.1. The van der Waals surface area contributed by atoms with Gasteiger partial charge in [-0.25, -0.2) is 4.57 Å². The molecule has 12 heteroatoms. The lowest BCUT2D eigenvalue weighted by molar-refractivity contribution is -0.870. The second-order valence-corrected chi connectivity index (χ2v) is 18.6. The van der Waals surface area contributed by atoms with E-state index in [4.69, 9.17) is 18.5 Å². The van der Waals surface area contributed by atoms with Crippen LogP contribution in [-0.4, -0.2) is 97.3 Å². The Morgan fingerprint density at radius 1 is 0.585 bits per heavy atom. The highest BCUT2D eigenvalue weighted by atomic mass is 31.2. The van der Waals surface area contributed by atoms with Crippen LogP contribution in [-0.2, 0) is 32.7 Å². The monoisotopic (exact) mass is 931 g/mol. The number of hydrogen-bond donors (Lipinski definition) is 3. The Balaban J connectivity index is 4.58. The number of likely N-dealkylation sites (N-methyl/N-ethyl adjacent to an activating group) is 1. The van der Waals surface area contributed by atoms with E-state index in [1.807, 2.05) is 63.7 Å². The number of ether oxygens (including phenoxy) is 2. The molecule has 1 unspecified atom stereocenters. The first-order valence-electron chi connectivity index (χ1n) is 24.3. The quantitative estimate of drug-likeness (QED) is 0.0135. The summed E-state index contributed by atoms with van der Waals surface area (Å²) in [5, 5.41) is 20.1. The Hall–Kier alpha value is -3.41. The molecule has 0 heterocycles. The van der Waals surface area contributed by atoms with Gasteiger partial charge in [-0.1, -0.05) is 168 Å². The largest absolute Gasteiger partial charge is 0.472 e. The Morgan fingerprint density at radius 2 is 1.15 bits per heavy atom. The van der Waals surface area contributed by atoms with Crippen molar-refractivity contribution in [2.24, 2.45) is 0 Å². The molecule has 0 saturated heterocycles. The highest BCUT2D eigenvalue weighted by Gasteiger charge is 2.27. The van der Waals surface area contributed by atoms with Gasteiger partial charge in [0.2, 0.25) is 0 Å². The molecule has 0 amide bonds. The van der Waals surface area contributed by atoms with Crippen LogP contribution in [0.5, 0.6) is 0 Å². The van der Waals surface area contributed by atoms with Crippen molar-refractivity contribution < 1.29 is 52.3 Å². The summed E-state index contributed by atoms with van der Waals surface area (Å²) in [4.78, 5) is 35.5. The van der Waals surface area contributed by atoms with Crippen LogP contribution in [0.25, 0.3) is 0 Å². The van der Waals surface area contributed by atoms with Crippen LogP contribution in [0.4, 0.5) is 0 Å². The zero-order valence-corrected chi connectivity index (χ0v) is 41.8. The van der Waals surface area contributed by atoms with E-state index < -0.39 is 44.7 Å². The maximum atomic E-state index is 12.7. The number of phosphoric acid groups is 1. The minimum atomic E-state index is -4.45. The lowest BCUT2D eigenvalue weighted by atomic mass is 10.1. The second kappa shape index (κ2) is 43.2. The number of quaternary nitrogens is 1. The van der Waals surface area contributed by atoms with E-state index in [9.17, 15) is 29.3 Å². The molecular formula is C53H89NO10P+. The summed E-state index contributed by atoms with van der Waals surface area (Å²) in [6, 6.07) is 0. The third kappa shape index (κ3) is 46.9. The molecule has 0 aromatic carbocycles. The number of allylic oxidation sites excluding steroid dienone is 14. The third-order valence-corrected chi connectivity index (χ3v) is 10.7. The first-order valence-corrected chi connectivity index (χ1v) is 25.8. The molecule has 3 N–H and O–H groups in total. The molecule has 0 saturated carbocycles. The number of phosphoric ester groups is 1. The Morgan fingerprint density at radius 3 is 1.80 bits per heavy atom. The molecule has 0 aliphatic heterocycles. The summed E-state index contributed by atoms with van der Waals surface area (Å²) in [7, 11) is 1.32. The van der Waals surface area contributed by atoms with Gasteiger partial charge in [0, 0.05) is 12.8 Å². The van der Waals surface area contributed by atoms with E-state index in [0.717, 1.165) is 57.8 Å². The smallest absolute Gasteiger partial charge is 0.462 e. The summed E-state index contributed by atoms with van der Waals surface area (Å²) < 4.78 is 34.2.